The lowest BCUT2D eigenvalue weighted by Crippen LogP contribution is -2.32. The van der Waals surface area contributed by atoms with Gasteiger partial charge in [0.2, 0.25) is 18.6 Å². The number of anilines is 1. The molecule has 28 heavy (non-hydrogen) atoms. The van der Waals surface area contributed by atoms with Gasteiger partial charge in [0.15, 0.2) is 11.5 Å². The summed E-state index contributed by atoms with van der Waals surface area (Å²) in [7, 11) is 1.53. The molecule has 1 atom stereocenters. The lowest BCUT2D eigenvalue weighted by atomic mass is 10.1. The van der Waals surface area contributed by atoms with Crippen LogP contribution in [0.15, 0.2) is 36.4 Å². The number of rotatable bonds is 5. The van der Waals surface area contributed by atoms with Crippen molar-refractivity contribution in [3.63, 3.8) is 0 Å². The predicted octanol–water partition coefficient (Wildman–Crippen LogP) is 2.75. The van der Waals surface area contributed by atoms with Gasteiger partial charge in [-0.15, -0.1) is 0 Å². The Balaban J connectivity index is 1.41. The van der Waals surface area contributed by atoms with Gasteiger partial charge in [-0.3, -0.25) is 9.59 Å². The van der Waals surface area contributed by atoms with Crippen molar-refractivity contribution < 1.29 is 23.8 Å². The van der Waals surface area contributed by atoms with Gasteiger partial charge in [-0.05, 0) is 35.9 Å². The molecule has 2 heterocycles. The normalized spacial score (nSPS) is 17.7. The number of amides is 2. The molecule has 4 rings (SSSR count). The first-order chi connectivity index (χ1) is 13.5. The fourth-order valence-corrected chi connectivity index (χ4v) is 3.54. The number of fused-ring (bicyclic) bond motifs is 1. The Morgan fingerprint density at radius 1 is 1.25 bits per heavy atom. The van der Waals surface area contributed by atoms with E-state index in [9.17, 15) is 9.59 Å². The summed E-state index contributed by atoms with van der Waals surface area (Å²) in [6.07, 6.45) is 0.142. The van der Waals surface area contributed by atoms with Gasteiger partial charge in [0.1, 0.15) is 5.75 Å². The van der Waals surface area contributed by atoms with Crippen LogP contribution in [0.1, 0.15) is 12.0 Å². The fraction of sp³-hybridized carbons (Fsp3) is 0.300. The highest BCUT2D eigenvalue weighted by atomic mass is 35.5. The molecule has 0 unspecified atom stereocenters. The van der Waals surface area contributed by atoms with Crippen LogP contribution in [-0.4, -0.2) is 32.3 Å². The van der Waals surface area contributed by atoms with Gasteiger partial charge >= 0.3 is 0 Å². The van der Waals surface area contributed by atoms with Crippen molar-refractivity contribution in [2.75, 3.05) is 25.3 Å². The molecule has 0 aliphatic carbocycles. The second-order valence-electron chi connectivity index (χ2n) is 6.63. The summed E-state index contributed by atoms with van der Waals surface area (Å²) in [4.78, 5) is 26.6. The van der Waals surface area contributed by atoms with Crippen molar-refractivity contribution in [2.24, 2.45) is 5.92 Å². The minimum absolute atomic E-state index is 0.135. The zero-order valence-electron chi connectivity index (χ0n) is 15.2. The molecular weight excluding hydrogens is 384 g/mol. The molecule has 0 aromatic heterocycles. The third kappa shape index (κ3) is 3.57. The fourth-order valence-electron chi connectivity index (χ4n) is 3.37. The number of carbonyl (C=O) groups excluding carboxylic acids is 2. The van der Waals surface area contributed by atoms with E-state index in [2.05, 4.69) is 5.32 Å². The van der Waals surface area contributed by atoms with E-state index in [0.717, 1.165) is 5.56 Å². The van der Waals surface area contributed by atoms with Crippen LogP contribution in [0.5, 0.6) is 17.2 Å². The van der Waals surface area contributed by atoms with Gasteiger partial charge in [-0.1, -0.05) is 17.7 Å². The van der Waals surface area contributed by atoms with Crippen LogP contribution in [0.25, 0.3) is 0 Å². The van der Waals surface area contributed by atoms with E-state index in [4.69, 9.17) is 25.8 Å². The molecule has 2 aliphatic rings. The minimum Gasteiger partial charge on any atom is -0.495 e. The maximum atomic E-state index is 12.6. The van der Waals surface area contributed by atoms with Crippen LogP contribution in [0.4, 0.5) is 5.69 Å². The van der Waals surface area contributed by atoms with Gasteiger partial charge < -0.3 is 24.4 Å². The van der Waals surface area contributed by atoms with Crippen molar-refractivity contribution in [3.05, 3.63) is 47.0 Å². The lowest BCUT2D eigenvalue weighted by molar-refractivity contribution is -0.126. The molecule has 0 radical (unpaired) electrons. The number of carbonyl (C=O) groups is 2. The van der Waals surface area contributed by atoms with E-state index >= 15 is 0 Å². The molecule has 2 aromatic carbocycles. The standard InChI is InChI=1S/C20H19ClN2O5/c1-26-16-5-3-14(21)8-15(16)23-10-13(7-19(23)24)20(25)22-9-12-2-4-17-18(6-12)28-11-27-17/h2-6,8,13H,7,9-11H2,1H3,(H,22,25)/t13-/m0/s1. The Bertz CT molecular complexity index is 933. The average molecular weight is 403 g/mol. The number of ether oxygens (including phenoxy) is 3. The molecule has 2 aromatic rings. The second kappa shape index (κ2) is 7.59. The molecule has 2 amide bonds. The maximum Gasteiger partial charge on any atom is 0.231 e. The summed E-state index contributed by atoms with van der Waals surface area (Å²) in [5.41, 5.74) is 1.47. The maximum absolute atomic E-state index is 12.6. The number of hydrogen-bond acceptors (Lipinski definition) is 5. The summed E-state index contributed by atoms with van der Waals surface area (Å²) >= 11 is 6.06. The summed E-state index contributed by atoms with van der Waals surface area (Å²) in [6.45, 7) is 0.835. The van der Waals surface area contributed by atoms with E-state index in [0.29, 0.717) is 34.5 Å². The molecule has 0 bridgehead atoms. The van der Waals surface area contributed by atoms with Crippen molar-refractivity contribution in [3.8, 4) is 17.2 Å². The number of methoxy groups -OCH3 is 1. The zero-order chi connectivity index (χ0) is 19.7. The van der Waals surface area contributed by atoms with E-state index in [-0.39, 0.29) is 31.6 Å². The molecule has 0 saturated carbocycles. The monoisotopic (exact) mass is 402 g/mol. The van der Waals surface area contributed by atoms with E-state index in [1.807, 2.05) is 18.2 Å². The molecule has 146 valence electrons. The predicted molar refractivity (Wildman–Crippen MR) is 103 cm³/mol. The molecule has 7 nitrogen and oxygen atoms in total. The van der Waals surface area contributed by atoms with Gasteiger partial charge in [0, 0.05) is 24.5 Å². The van der Waals surface area contributed by atoms with Crippen LogP contribution >= 0.6 is 11.6 Å². The highest BCUT2D eigenvalue weighted by Gasteiger charge is 2.36. The smallest absolute Gasteiger partial charge is 0.231 e. The topological polar surface area (TPSA) is 77.1 Å². The molecule has 1 fully saturated rings. The number of halogens is 1. The van der Waals surface area contributed by atoms with Gasteiger partial charge in [-0.25, -0.2) is 0 Å². The summed E-state index contributed by atoms with van der Waals surface area (Å²) < 4.78 is 15.9. The Morgan fingerprint density at radius 3 is 2.89 bits per heavy atom. The molecule has 8 heteroatoms. The van der Waals surface area contributed by atoms with Crippen LogP contribution < -0.4 is 24.4 Å². The number of hydrogen-bond donors (Lipinski definition) is 1. The molecule has 1 N–H and O–H groups in total. The molecule has 0 spiro atoms. The van der Waals surface area contributed by atoms with Crippen molar-refractivity contribution in [2.45, 2.75) is 13.0 Å². The van der Waals surface area contributed by atoms with Crippen molar-refractivity contribution >= 4 is 29.1 Å². The Labute approximate surface area is 167 Å². The van der Waals surface area contributed by atoms with Crippen molar-refractivity contribution in [1.29, 1.82) is 0 Å². The number of nitrogens with zero attached hydrogens (tertiary/aromatic N) is 1. The first kappa shape index (κ1) is 18.4. The van der Waals surface area contributed by atoms with Crippen LogP contribution in [-0.2, 0) is 16.1 Å². The Hall–Kier alpha value is -2.93. The van der Waals surface area contributed by atoms with E-state index in [1.165, 1.54) is 7.11 Å². The van der Waals surface area contributed by atoms with Crippen LogP contribution in [0.2, 0.25) is 5.02 Å². The number of nitrogens with one attached hydrogen (secondary N) is 1. The average Bonchev–Trinajstić information content (AvgIpc) is 3.32. The highest BCUT2D eigenvalue weighted by Crippen LogP contribution is 2.35. The SMILES string of the molecule is COc1ccc(Cl)cc1N1C[C@@H](C(=O)NCc2ccc3c(c2)OCO3)CC1=O. The Kier molecular flexibility index (Phi) is 5.00. The second-order valence-corrected chi connectivity index (χ2v) is 7.06. The zero-order valence-corrected chi connectivity index (χ0v) is 16.0. The molecular formula is C20H19ClN2O5. The largest absolute Gasteiger partial charge is 0.495 e. The van der Waals surface area contributed by atoms with Crippen LogP contribution in [0, 0.1) is 5.92 Å². The van der Waals surface area contributed by atoms with Crippen molar-refractivity contribution in [1.82, 2.24) is 5.32 Å². The van der Waals surface area contributed by atoms with Gasteiger partial charge in [0.25, 0.3) is 0 Å². The first-order valence-electron chi connectivity index (χ1n) is 8.85. The summed E-state index contributed by atoms with van der Waals surface area (Å²) in [5.74, 6) is 1.16. The summed E-state index contributed by atoms with van der Waals surface area (Å²) in [6, 6.07) is 10.6. The third-order valence-electron chi connectivity index (χ3n) is 4.83. The summed E-state index contributed by atoms with van der Waals surface area (Å²) in [5, 5.41) is 3.39. The number of benzene rings is 2. The molecule has 2 aliphatic heterocycles. The lowest BCUT2D eigenvalue weighted by Gasteiger charge is -2.20. The van der Waals surface area contributed by atoms with Gasteiger partial charge in [0.05, 0.1) is 18.7 Å². The third-order valence-corrected chi connectivity index (χ3v) is 5.07. The van der Waals surface area contributed by atoms with E-state index < -0.39 is 5.92 Å². The van der Waals surface area contributed by atoms with Crippen LogP contribution in [0.3, 0.4) is 0 Å². The molecule has 1 saturated heterocycles. The van der Waals surface area contributed by atoms with E-state index in [1.54, 1.807) is 23.1 Å². The first-order valence-corrected chi connectivity index (χ1v) is 9.23. The van der Waals surface area contributed by atoms with Gasteiger partial charge in [-0.2, -0.15) is 0 Å². The minimum atomic E-state index is -0.440. The highest BCUT2D eigenvalue weighted by molar-refractivity contribution is 6.31. The Morgan fingerprint density at radius 2 is 2.07 bits per heavy atom. The quantitative estimate of drug-likeness (QED) is 0.832.